The zero-order valence-electron chi connectivity index (χ0n) is 30.8. The van der Waals surface area contributed by atoms with Crippen molar-refractivity contribution in [3.05, 3.63) is 133 Å². The number of thiophene rings is 1. The van der Waals surface area contributed by atoms with Crippen molar-refractivity contribution >= 4 is 75.3 Å². The van der Waals surface area contributed by atoms with Crippen LogP contribution in [0.15, 0.2) is 132 Å². The highest BCUT2D eigenvalue weighted by Gasteiger charge is 2.23. The van der Waals surface area contributed by atoms with Gasteiger partial charge in [0.25, 0.3) is 0 Å². The predicted octanol–water partition coefficient (Wildman–Crippen LogP) is 13.9. The maximum atomic E-state index is 6.53. The molecule has 10 aromatic rings. The Kier molecular flexibility index (Phi) is 6.84. The van der Waals surface area contributed by atoms with E-state index in [0.29, 0.717) is 5.82 Å². The minimum Gasteiger partial charge on any atom is -0.456 e. The SMILES string of the molecule is CC(C)(C)c1ccc2sc3ccc4oc5ccc(-c6cc(-c7ccccc7)nc(-c7ccc8c9ccccc9n(C(C)(C)C)c8c7)n6)cc5c4c3c2c1. The summed E-state index contributed by atoms with van der Waals surface area (Å²) < 4.78 is 11.5. The minimum atomic E-state index is -0.117. The van der Waals surface area contributed by atoms with Crippen molar-refractivity contribution in [2.75, 3.05) is 0 Å². The molecular formula is C48H39N3OS. The van der Waals surface area contributed by atoms with Gasteiger partial charge in [0.2, 0.25) is 0 Å². The van der Waals surface area contributed by atoms with E-state index >= 15 is 0 Å². The van der Waals surface area contributed by atoms with Gasteiger partial charge in [0.1, 0.15) is 11.2 Å². The molecule has 0 fully saturated rings. The number of rotatable bonds is 3. The molecular weight excluding hydrogens is 667 g/mol. The second kappa shape index (κ2) is 11.4. The standard InChI is InChI=1S/C48H39N3OS/c1-47(2,3)31-18-22-42-35(26-31)45-43(53-42)23-21-41-44(45)34-24-29(17-20-40(34)52-41)37-27-36(28-12-8-7-9-13-28)49-46(50-37)30-16-19-33-32-14-10-11-15-38(32)51(39(33)25-30)48(4,5)6/h7-27H,1-6H3. The number of fused-ring (bicyclic) bond motifs is 10. The Balaban J connectivity index is 1.21. The molecule has 0 aliphatic rings. The van der Waals surface area contributed by atoms with E-state index < -0.39 is 0 Å². The van der Waals surface area contributed by atoms with Crippen molar-refractivity contribution in [1.29, 1.82) is 0 Å². The maximum absolute atomic E-state index is 6.53. The molecule has 0 saturated carbocycles. The zero-order chi connectivity index (χ0) is 36.2. The Morgan fingerprint density at radius 3 is 2.00 bits per heavy atom. The molecule has 0 aliphatic carbocycles. The highest BCUT2D eigenvalue weighted by molar-refractivity contribution is 7.26. The summed E-state index contributed by atoms with van der Waals surface area (Å²) in [5.41, 5.74) is 10.3. The van der Waals surface area contributed by atoms with Gasteiger partial charge in [-0.3, -0.25) is 0 Å². The highest BCUT2D eigenvalue weighted by atomic mass is 32.1. The lowest BCUT2D eigenvalue weighted by Crippen LogP contribution is -2.21. The fourth-order valence-corrected chi connectivity index (χ4v) is 9.17. The van der Waals surface area contributed by atoms with E-state index in [4.69, 9.17) is 14.4 Å². The van der Waals surface area contributed by atoms with E-state index in [-0.39, 0.29) is 11.0 Å². The molecule has 0 atom stereocenters. The van der Waals surface area contributed by atoms with Crippen LogP contribution in [0.3, 0.4) is 0 Å². The molecule has 0 unspecified atom stereocenters. The Labute approximate surface area is 312 Å². The molecule has 0 saturated heterocycles. The van der Waals surface area contributed by atoms with Gasteiger partial charge in [-0.05, 0) is 92.4 Å². The molecule has 4 nitrogen and oxygen atoms in total. The van der Waals surface area contributed by atoms with Gasteiger partial charge in [0, 0.05) is 69.5 Å². The quantitative estimate of drug-likeness (QED) is 0.184. The average Bonchev–Trinajstić information content (AvgIpc) is 3.82. The Bertz CT molecular complexity index is 3080. The molecule has 0 spiro atoms. The van der Waals surface area contributed by atoms with E-state index in [9.17, 15) is 0 Å². The molecule has 0 aliphatic heterocycles. The Hall–Kier alpha value is -5.78. The molecule has 6 aromatic carbocycles. The number of benzene rings is 6. The molecule has 0 amide bonds. The number of hydrogen-bond donors (Lipinski definition) is 0. The summed E-state index contributed by atoms with van der Waals surface area (Å²) in [5.74, 6) is 0.701. The van der Waals surface area contributed by atoms with Crippen molar-refractivity contribution in [2.45, 2.75) is 52.5 Å². The highest BCUT2D eigenvalue weighted by Crippen LogP contribution is 2.44. The third kappa shape index (κ3) is 5.09. The van der Waals surface area contributed by atoms with Crippen molar-refractivity contribution in [1.82, 2.24) is 14.5 Å². The van der Waals surface area contributed by atoms with Crippen LogP contribution in [0.4, 0.5) is 0 Å². The smallest absolute Gasteiger partial charge is 0.160 e. The van der Waals surface area contributed by atoms with E-state index in [2.05, 4.69) is 167 Å². The largest absolute Gasteiger partial charge is 0.456 e. The molecule has 0 radical (unpaired) electrons. The summed E-state index contributed by atoms with van der Waals surface area (Å²) in [4.78, 5) is 10.5. The summed E-state index contributed by atoms with van der Waals surface area (Å²) in [6.07, 6.45) is 0. The normalized spacial score (nSPS) is 12.7. The van der Waals surface area contributed by atoms with Gasteiger partial charge in [0.15, 0.2) is 5.82 Å². The van der Waals surface area contributed by atoms with Crippen LogP contribution in [0.1, 0.15) is 47.1 Å². The first-order valence-electron chi connectivity index (χ1n) is 18.3. The van der Waals surface area contributed by atoms with Crippen LogP contribution in [0.2, 0.25) is 0 Å². The summed E-state index contributed by atoms with van der Waals surface area (Å²) in [6, 6.07) is 45.7. The molecule has 4 heterocycles. The van der Waals surface area contributed by atoms with Gasteiger partial charge >= 0.3 is 0 Å². The first kappa shape index (κ1) is 31.9. The molecule has 10 rings (SSSR count). The van der Waals surface area contributed by atoms with Crippen molar-refractivity contribution in [2.24, 2.45) is 0 Å². The van der Waals surface area contributed by atoms with E-state index in [1.165, 1.54) is 47.5 Å². The third-order valence-corrected chi connectivity index (χ3v) is 11.8. The zero-order valence-corrected chi connectivity index (χ0v) is 31.6. The van der Waals surface area contributed by atoms with Crippen LogP contribution in [0, 0.1) is 0 Å². The van der Waals surface area contributed by atoms with Crippen molar-refractivity contribution in [3.8, 4) is 33.9 Å². The van der Waals surface area contributed by atoms with Crippen molar-refractivity contribution in [3.63, 3.8) is 0 Å². The average molecular weight is 706 g/mol. The fourth-order valence-electron chi connectivity index (χ4n) is 8.07. The Morgan fingerprint density at radius 1 is 0.509 bits per heavy atom. The van der Waals surface area contributed by atoms with Crippen molar-refractivity contribution < 1.29 is 4.42 Å². The van der Waals surface area contributed by atoms with Crippen LogP contribution >= 0.6 is 11.3 Å². The van der Waals surface area contributed by atoms with Gasteiger partial charge < -0.3 is 8.98 Å². The minimum absolute atomic E-state index is 0.0526. The lowest BCUT2D eigenvalue weighted by Gasteiger charge is -2.24. The summed E-state index contributed by atoms with van der Waals surface area (Å²) >= 11 is 1.85. The van der Waals surface area contributed by atoms with Crippen LogP contribution in [-0.4, -0.2) is 14.5 Å². The molecule has 258 valence electrons. The number of furan rings is 1. The second-order valence-corrected chi connectivity index (χ2v) is 17.4. The monoisotopic (exact) mass is 705 g/mol. The number of hydrogen-bond acceptors (Lipinski definition) is 4. The molecule has 4 aromatic heterocycles. The van der Waals surface area contributed by atoms with Crippen LogP contribution in [0.5, 0.6) is 0 Å². The Morgan fingerprint density at radius 2 is 1.21 bits per heavy atom. The van der Waals surface area contributed by atoms with Crippen LogP contribution < -0.4 is 0 Å². The topological polar surface area (TPSA) is 43.9 Å². The van der Waals surface area contributed by atoms with Gasteiger partial charge in [-0.2, -0.15) is 0 Å². The maximum Gasteiger partial charge on any atom is 0.160 e. The lowest BCUT2D eigenvalue weighted by molar-refractivity contribution is 0.423. The van der Waals surface area contributed by atoms with Gasteiger partial charge in [-0.1, -0.05) is 87.5 Å². The van der Waals surface area contributed by atoms with E-state index in [1.54, 1.807) is 0 Å². The summed E-state index contributed by atoms with van der Waals surface area (Å²) in [5, 5.41) is 7.30. The molecule has 5 heteroatoms. The number of para-hydroxylation sites is 1. The molecule has 0 bridgehead atoms. The van der Waals surface area contributed by atoms with Crippen LogP contribution in [-0.2, 0) is 11.0 Å². The first-order chi connectivity index (χ1) is 25.5. The summed E-state index contributed by atoms with van der Waals surface area (Å²) in [7, 11) is 0. The fraction of sp³-hybridized carbons (Fsp3) is 0.167. The second-order valence-electron chi connectivity index (χ2n) is 16.3. The predicted molar refractivity (Wildman–Crippen MR) is 225 cm³/mol. The lowest BCUT2D eigenvalue weighted by atomic mass is 9.86. The molecule has 53 heavy (non-hydrogen) atoms. The molecule has 0 N–H and O–H groups in total. The number of nitrogens with zero attached hydrogens (tertiary/aromatic N) is 3. The van der Waals surface area contributed by atoms with Gasteiger partial charge in [0.05, 0.1) is 16.9 Å². The van der Waals surface area contributed by atoms with Crippen LogP contribution in [0.25, 0.3) is 97.8 Å². The van der Waals surface area contributed by atoms with E-state index in [0.717, 1.165) is 50.0 Å². The number of aromatic nitrogens is 3. The van der Waals surface area contributed by atoms with Gasteiger partial charge in [-0.15, -0.1) is 11.3 Å². The summed E-state index contributed by atoms with van der Waals surface area (Å²) in [6.45, 7) is 13.6. The van der Waals surface area contributed by atoms with Gasteiger partial charge in [-0.25, -0.2) is 9.97 Å². The van der Waals surface area contributed by atoms with E-state index in [1.807, 2.05) is 17.4 Å². The first-order valence-corrected chi connectivity index (χ1v) is 19.1. The third-order valence-electron chi connectivity index (χ3n) is 10.6.